The molecule has 3 rings (SSSR count). The van der Waals surface area contributed by atoms with E-state index in [2.05, 4.69) is 9.97 Å². The summed E-state index contributed by atoms with van der Waals surface area (Å²) in [4.78, 5) is 9.22. The molecule has 2 aromatic heterocycles. The SMILES string of the molecule is Cn1ccnc1[C@H](O)C1CCN(c2ncc(C(F)(F)F)s2)CC1. The molecule has 0 radical (unpaired) electrons. The fourth-order valence-corrected chi connectivity index (χ4v) is 3.66. The van der Waals surface area contributed by atoms with Crippen molar-refractivity contribution in [2.45, 2.75) is 25.1 Å². The van der Waals surface area contributed by atoms with Crippen molar-refractivity contribution < 1.29 is 18.3 Å². The number of anilines is 1. The van der Waals surface area contributed by atoms with Gasteiger partial charge in [-0.2, -0.15) is 13.2 Å². The van der Waals surface area contributed by atoms with Crippen LogP contribution in [0.4, 0.5) is 18.3 Å². The van der Waals surface area contributed by atoms with Crippen molar-refractivity contribution in [3.8, 4) is 0 Å². The topological polar surface area (TPSA) is 54.2 Å². The molecule has 126 valence electrons. The number of halogens is 3. The normalized spacial score (nSPS) is 18.4. The standard InChI is InChI=1S/C14H17F3N4OS/c1-20-7-4-18-12(20)11(22)9-2-5-21(6-3-9)13-19-8-10(23-13)14(15,16)17/h4,7-9,11,22H,2-3,5-6H2,1H3/t11-/m1/s1. The molecule has 5 nitrogen and oxygen atoms in total. The summed E-state index contributed by atoms with van der Waals surface area (Å²) >= 11 is 0.667. The first-order valence-corrected chi connectivity index (χ1v) is 8.11. The van der Waals surface area contributed by atoms with Gasteiger partial charge in [0.2, 0.25) is 0 Å². The maximum atomic E-state index is 12.6. The van der Waals surface area contributed by atoms with Gasteiger partial charge in [-0.3, -0.25) is 0 Å². The van der Waals surface area contributed by atoms with Gasteiger partial charge >= 0.3 is 6.18 Å². The highest BCUT2D eigenvalue weighted by Gasteiger charge is 2.35. The van der Waals surface area contributed by atoms with Gasteiger partial charge in [0.1, 0.15) is 16.8 Å². The number of aromatic nitrogens is 3. The Kier molecular flexibility index (Phi) is 4.33. The average molecular weight is 346 g/mol. The highest BCUT2D eigenvalue weighted by Crippen LogP contribution is 2.38. The molecule has 1 atom stereocenters. The van der Waals surface area contributed by atoms with Crippen LogP contribution in [0.2, 0.25) is 0 Å². The van der Waals surface area contributed by atoms with Crippen molar-refractivity contribution in [3.63, 3.8) is 0 Å². The molecule has 2 aromatic rings. The van der Waals surface area contributed by atoms with E-state index in [4.69, 9.17) is 0 Å². The van der Waals surface area contributed by atoms with Crippen LogP contribution in [0.5, 0.6) is 0 Å². The molecule has 1 N–H and O–H groups in total. The molecule has 3 heterocycles. The lowest BCUT2D eigenvalue weighted by Crippen LogP contribution is -2.36. The van der Waals surface area contributed by atoms with Crippen LogP contribution in [0.25, 0.3) is 0 Å². The van der Waals surface area contributed by atoms with Crippen LogP contribution in [-0.2, 0) is 13.2 Å². The number of imidazole rings is 1. The molecule has 1 fully saturated rings. The summed E-state index contributed by atoms with van der Waals surface area (Å²) in [7, 11) is 1.83. The predicted octanol–water partition coefficient (Wildman–Crippen LogP) is 2.85. The molecular weight excluding hydrogens is 329 g/mol. The number of nitrogens with zero attached hydrogens (tertiary/aromatic N) is 4. The zero-order valence-electron chi connectivity index (χ0n) is 12.5. The van der Waals surface area contributed by atoms with Crippen molar-refractivity contribution in [2.75, 3.05) is 18.0 Å². The first-order valence-electron chi connectivity index (χ1n) is 7.29. The molecule has 0 aromatic carbocycles. The Morgan fingerprint density at radius 2 is 2.00 bits per heavy atom. The van der Waals surface area contributed by atoms with Crippen molar-refractivity contribution in [3.05, 3.63) is 29.3 Å². The maximum absolute atomic E-state index is 12.6. The number of aliphatic hydroxyl groups is 1. The van der Waals surface area contributed by atoms with Crippen molar-refractivity contribution >= 4 is 16.5 Å². The lowest BCUT2D eigenvalue weighted by atomic mass is 9.91. The Hall–Kier alpha value is -1.61. The van der Waals surface area contributed by atoms with Gasteiger partial charge in [0.25, 0.3) is 0 Å². The Labute approximate surface area is 135 Å². The number of hydrogen-bond donors (Lipinski definition) is 1. The van der Waals surface area contributed by atoms with Gasteiger partial charge in [-0.05, 0) is 18.8 Å². The summed E-state index contributed by atoms with van der Waals surface area (Å²) in [5.74, 6) is 0.673. The molecule has 0 unspecified atom stereocenters. The Balaban J connectivity index is 1.62. The smallest absolute Gasteiger partial charge is 0.385 e. The fourth-order valence-electron chi connectivity index (χ4n) is 2.82. The summed E-state index contributed by atoms with van der Waals surface area (Å²) in [6.45, 7) is 1.16. The monoisotopic (exact) mass is 346 g/mol. The molecule has 0 amide bonds. The largest absolute Gasteiger partial charge is 0.427 e. The lowest BCUT2D eigenvalue weighted by molar-refractivity contribution is -0.134. The van der Waals surface area contributed by atoms with Crippen LogP contribution in [0.1, 0.15) is 29.6 Å². The quantitative estimate of drug-likeness (QED) is 0.929. The van der Waals surface area contributed by atoms with Crippen LogP contribution in [0.3, 0.4) is 0 Å². The molecule has 0 aliphatic carbocycles. The van der Waals surface area contributed by atoms with E-state index in [-0.39, 0.29) is 5.92 Å². The summed E-state index contributed by atoms with van der Waals surface area (Å²) in [5.41, 5.74) is 0. The summed E-state index contributed by atoms with van der Waals surface area (Å²) in [5, 5.41) is 10.8. The van der Waals surface area contributed by atoms with Crippen molar-refractivity contribution in [1.82, 2.24) is 14.5 Å². The minimum atomic E-state index is -4.34. The Morgan fingerprint density at radius 1 is 1.30 bits per heavy atom. The number of aliphatic hydroxyl groups excluding tert-OH is 1. The number of piperidine rings is 1. The van der Waals surface area contributed by atoms with Crippen molar-refractivity contribution in [2.24, 2.45) is 13.0 Å². The van der Waals surface area contributed by atoms with E-state index in [1.165, 1.54) is 0 Å². The van der Waals surface area contributed by atoms with E-state index < -0.39 is 17.2 Å². The molecule has 1 aliphatic rings. The van der Waals surface area contributed by atoms with Crippen LogP contribution in [0, 0.1) is 5.92 Å². The zero-order valence-corrected chi connectivity index (χ0v) is 13.3. The minimum absolute atomic E-state index is 0.0504. The highest BCUT2D eigenvalue weighted by atomic mass is 32.1. The van der Waals surface area contributed by atoms with Gasteiger partial charge in [0.15, 0.2) is 5.13 Å². The van der Waals surface area contributed by atoms with Gasteiger partial charge in [0, 0.05) is 32.5 Å². The number of hydrogen-bond acceptors (Lipinski definition) is 5. The van der Waals surface area contributed by atoms with Crippen LogP contribution < -0.4 is 4.90 Å². The van der Waals surface area contributed by atoms with Gasteiger partial charge in [-0.25, -0.2) is 9.97 Å². The molecule has 1 saturated heterocycles. The third-order valence-electron chi connectivity index (χ3n) is 4.15. The maximum Gasteiger partial charge on any atom is 0.427 e. The van der Waals surface area contributed by atoms with Crippen molar-refractivity contribution in [1.29, 1.82) is 0 Å². The van der Waals surface area contributed by atoms with E-state index >= 15 is 0 Å². The minimum Gasteiger partial charge on any atom is -0.385 e. The molecular formula is C14H17F3N4OS. The highest BCUT2D eigenvalue weighted by molar-refractivity contribution is 7.15. The molecule has 23 heavy (non-hydrogen) atoms. The van der Waals surface area contributed by atoms with E-state index in [1.54, 1.807) is 17.0 Å². The molecule has 1 aliphatic heterocycles. The number of thiazole rings is 1. The molecule has 0 spiro atoms. The van der Waals surface area contributed by atoms with Gasteiger partial charge < -0.3 is 14.6 Å². The van der Waals surface area contributed by atoms with E-state index in [0.717, 1.165) is 6.20 Å². The molecule has 9 heteroatoms. The van der Waals surface area contributed by atoms with Gasteiger partial charge in [-0.15, -0.1) is 0 Å². The number of rotatable bonds is 3. The van der Waals surface area contributed by atoms with E-state index in [1.807, 2.05) is 11.9 Å². The first kappa shape index (κ1) is 16.3. The third kappa shape index (κ3) is 3.35. The lowest BCUT2D eigenvalue weighted by Gasteiger charge is -2.33. The zero-order chi connectivity index (χ0) is 16.6. The Bertz CT molecular complexity index is 661. The second-order valence-corrected chi connectivity index (χ2v) is 6.68. The molecule has 0 saturated carbocycles. The van der Waals surface area contributed by atoms with Gasteiger partial charge in [0.05, 0.1) is 6.20 Å². The van der Waals surface area contributed by atoms with E-state index in [0.29, 0.717) is 48.2 Å². The number of aryl methyl sites for hydroxylation is 1. The fraction of sp³-hybridized carbons (Fsp3) is 0.571. The second-order valence-electron chi connectivity index (χ2n) is 5.67. The second kappa shape index (κ2) is 6.12. The Morgan fingerprint density at radius 3 is 2.52 bits per heavy atom. The summed E-state index contributed by atoms with van der Waals surface area (Å²) in [6.07, 6.45) is 0.685. The average Bonchev–Trinajstić information content (AvgIpc) is 3.15. The van der Waals surface area contributed by atoms with Crippen LogP contribution in [-0.4, -0.2) is 32.7 Å². The summed E-state index contributed by atoms with van der Waals surface area (Å²) in [6, 6.07) is 0. The first-order chi connectivity index (χ1) is 10.9. The molecule has 0 bridgehead atoms. The summed E-state index contributed by atoms with van der Waals surface area (Å²) < 4.78 is 39.7. The van der Waals surface area contributed by atoms with Crippen LogP contribution >= 0.6 is 11.3 Å². The van der Waals surface area contributed by atoms with Crippen LogP contribution in [0.15, 0.2) is 18.6 Å². The third-order valence-corrected chi connectivity index (χ3v) is 5.26. The number of alkyl halides is 3. The van der Waals surface area contributed by atoms with Gasteiger partial charge in [-0.1, -0.05) is 11.3 Å². The van der Waals surface area contributed by atoms with E-state index in [9.17, 15) is 18.3 Å². The predicted molar refractivity (Wildman–Crippen MR) is 80.2 cm³/mol.